The number of fused-ring (bicyclic) bond motifs is 1. The van der Waals surface area contributed by atoms with Crippen LogP contribution < -0.4 is 5.56 Å². The van der Waals surface area contributed by atoms with E-state index in [2.05, 4.69) is 21.0 Å². The van der Waals surface area contributed by atoms with Gasteiger partial charge in [0.1, 0.15) is 0 Å². The Labute approximate surface area is 93.4 Å². The molecule has 0 spiro atoms. The topological polar surface area (TPSA) is 34.9 Å². The second-order valence-corrected chi connectivity index (χ2v) is 4.13. The van der Waals surface area contributed by atoms with Crippen molar-refractivity contribution in [2.75, 3.05) is 0 Å². The van der Waals surface area contributed by atoms with Crippen LogP contribution in [-0.4, -0.2) is 9.78 Å². The molecule has 0 aliphatic carbocycles. The highest BCUT2D eigenvalue weighted by molar-refractivity contribution is 9.10. The van der Waals surface area contributed by atoms with Crippen LogP contribution in [0.25, 0.3) is 10.8 Å². The van der Waals surface area contributed by atoms with E-state index in [0.29, 0.717) is 10.4 Å². The maximum absolute atomic E-state index is 11.7. The third-order valence-corrected chi connectivity index (χ3v) is 3.29. The average molecular weight is 274 g/mol. The summed E-state index contributed by atoms with van der Waals surface area (Å²) in [6, 6.07) is 3.60. The minimum absolute atomic E-state index is 0.186. The van der Waals surface area contributed by atoms with E-state index in [1.54, 1.807) is 25.4 Å². The maximum atomic E-state index is 11.7. The quantitative estimate of drug-likeness (QED) is 0.738. The molecule has 3 nitrogen and oxygen atoms in total. The van der Waals surface area contributed by atoms with Gasteiger partial charge in [0, 0.05) is 16.9 Å². The normalized spacial score (nSPS) is 10.8. The highest BCUT2D eigenvalue weighted by Gasteiger charge is 2.08. The molecule has 0 saturated carbocycles. The van der Waals surface area contributed by atoms with E-state index in [-0.39, 0.29) is 5.56 Å². The maximum Gasteiger partial charge on any atom is 0.275 e. The molecule has 1 aromatic heterocycles. The van der Waals surface area contributed by atoms with Gasteiger partial charge in [-0.15, -0.1) is 0 Å². The molecule has 72 valence electrons. The van der Waals surface area contributed by atoms with Gasteiger partial charge in [0.05, 0.1) is 16.6 Å². The fourth-order valence-electron chi connectivity index (χ4n) is 1.25. The van der Waals surface area contributed by atoms with Crippen molar-refractivity contribution in [3.63, 3.8) is 0 Å². The lowest BCUT2D eigenvalue weighted by Gasteiger charge is -2.03. The first-order valence-corrected chi connectivity index (χ1v) is 5.08. The van der Waals surface area contributed by atoms with Crippen LogP contribution in [0, 0.1) is 0 Å². The van der Waals surface area contributed by atoms with E-state index in [9.17, 15) is 4.79 Å². The Morgan fingerprint density at radius 2 is 2.21 bits per heavy atom. The largest absolute Gasteiger partial charge is 0.275 e. The second-order valence-electron chi connectivity index (χ2n) is 2.90. The summed E-state index contributed by atoms with van der Waals surface area (Å²) in [5, 5.41) is 5.59. The van der Waals surface area contributed by atoms with Gasteiger partial charge in [-0.2, -0.15) is 5.10 Å². The number of rotatable bonds is 0. The smallest absolute Gasteiger partial charge is 0.267 e. The lowest BCUT2D eigenvalue weighted by molar-refractivity contribution is 0.718. The molecule has 1 aromatic carbocycles. The first-order chi connectivity index (χ1) is 6.61. The Morgan fingerprint density at radius 3 is 2.93 bits per heavy atom. The highest BCUT2D eigenvalue weighted by atomic mass is 79.9. The fourth-order valence-corrected chi connectivity index (χ4v) is 1.84. The summed E-state index contributed by atoms with van der Waals surface area (Å²) in [4.78, 5) is 11.7. The molecule has 0 aliphatic rings. The number of benzene rings is 1. The molecule has 0 fully saturated rings. The van der Waals surface area contributed by atoms with E-state index >= 15 is 0 Å². The van der Waals surface area contributed by atoms with Crippen molar-refractivity contribution < 1.29 is 0 Å². The minimum Gasteiger partial charge on any atom is -0.267 e. The van der Waals surface area contributed by atoms with Crippen molar-refractivity contribution in [3.8, 4) is 0 Å². The van der Waals surface area contributed by atoms with Crippen molar-refractivity contribution in [1.29, 1.82) is 0 Å². The van der Waals surface area contributed by atoms with Gasteiger partial charge in [0.2, 0.25) is 0 Å². The van der Waals surface area contributed by atoms with E-state index in [0.717, 1.165) is 9.86 Å². The summed E-state index contributed by atoms with van der Waals surface area (Å²) in [6.45, 7) is 0. The number of nitrogens with zero attached hydrogens (tertiary/aromatic N) is 2. The van der Waals surface area contributed by atoms with Crippen LogP contribution in [0.3, 0.4) is 0 Å². The van der Waals surface area contributed by atoms with Gasteiger partial charge in [-0.3, -0.25) is 4.79 Å². The lowest BCUT2D eigenvalue weighted by atomic mass is 10.2. The molecule has 14 heavy (non-hydrogen) atoms. The summed E-state index contributed by atoms with van der Waals surface area (Å²) in [7, 11) is 1.60. The highest BCUT2D eigenvalue weighted by Crippen LogP contribution is 2.28. The monoisotopic (exact) mass is 272 g/mol. The predicted molar refractivity (Wildman–Crippen MR) is 59.7 cm³/mol. The molecule has 5 heteroatoms. The zero-order chi connectivity index (χ0) is 10.3. The van der Waals surface area contributed by atoms with Gasteiger partial charge in [-0.1, -0.05) is 17.7 Å². The first kappa shape index (κ1) is 9.68. The zero-order valence-corrected chi connectivity index (χ0v) is 9.63. The van der Waals surface area contributed by atoms with Crippen molar-refractivity contribution >= 4 is 38.3 Å². The van der Waals surface area contributed by atoms with Gasteiger partial charge in [0.15, 0.2) is 0 Å². The van der Waals surface area contributed by atoms with E-state index in [1.165, 1.54) is 4.68 Å². The van der Waals surface area contributed by atoms with E-state index in [1.807, 2.05) is 0 Å². The van der Waals surface area contributed by atoms with Crippen molar-refractivity contribution in [1.82, 2.24) is 9.78 Å². The van der Waals surface area contributed by atoms with Gasteiger partial charge >= 0.3 is 0 Å². The zero-order valence-electron chi connectivity index (χ0n) is 7.29. The van der Waals surface area contributed by atoms with Gasteiger partial charge in [-0.05, 0) is 22.0 Å². The van der Waals surface area contributed by atoms with Crippen molar-refractivity contribution in [2.24, 2.45) is 7.05 Å². The molecular weight excluding hydrogens is 267 g/mol. The standard InChI is InChI=1S/C9H6BrClN2O/c1-13-9(14)7-5(4-12-13)2-3-6(10)8(7)11/h2-4H,1H3. The second kappa shape index (κ2) is 3.37. The van der Waals surface area contributed by atoms with Crippen LogP contribution in [0.4, 0.5) is 0 Å². The van der Waals surface area contributed by atoms with Crippen molar-refractivity contribution in [3.05, 3.63) is 38.2 Å². The molecule has 0 saturated heterocycles. The van der Waals surface area contributed by atoms with Crippen LogP contribution in [0.2, 0.25) is 5.02 Å². The molecule has 0 bridgehead atoms. The predicted octanol–water partition coefficient (Wildman–Crippen LogP) is 2.35. The summed E-state index contributed by atoms with van der Waals surface area (Å²) < 4.78 is 1.98. The fraction of sp³-hybridized carbons (Fsp3) is 0.111. The molecule has 0 aliphatic heterocycles. The Hall–Kier alpha value is -0.870. The van der Waals surface area contributed by atoms with Gasteiger partial charge in [-0.25, -0.2) is 4.68 Å². The van der Waals surface area contributed by atoms with E-state index in [4.69, 9.17) is 11.6 Å². The van der Waals surface area contributed by atoms with Crippen molar-refractivity contribution in [2.45, 2.75) is 0 Å². The lowest BCUT2D eigenvalue weighted by Crippen LogP contribution is -2.19. The molecule has 0 amide bonds. The first-order valence-electron chi connectivity index (χ1n) is 3.91. The number of hydrogen-bond donors (Lipinski definition) is 0. The molecule has 0 N–H and O–H groups in total. The van der Waals surface area contributed by atoms with Gasteiger partial charge < -0.3 is 0 Å². The molecule has 0 unspecified atom stereocenters. The summed E-state index contributed by atoms with van der Waals surface area (Å²) in [5.41, 5.74) is -0.186. The molecule has 0 atom stereocenters. The third-order valence-electron chi connectivity index (χ3n) is 2.00. The van der Waals surface area contributed by atoms with Crippen LogP contribution >= 0.6 is 27.5 Å². The minimum atomic E-state index is -0.186. The summed E-state index contributed by atoms with van der Waals surface area (Å²) in [6.07, 6.45) is 1.62. The summed E-state index contributed by atoms with van der Waals surface area (Å²) in [5.74, 6) is 0. The average Bonchev–Trinajstić information content (AvgIpc) is 2.17. The number of aromatic nitrogens is 2. The molecule has 2 rings (SSSR count). The number of halogens is 2. The van der Waals surface area contributed by atoms with Crippen LogP contribution in [0.15, 0.2) is 27.6 Å². The number of hydrogen-bond acceptors (Lipinski definition) is 2. The molecule has 0 radical (unpaired) electrons. The Balaban J connectivity index is 3.06. The molecule has 1 heterocycles. The Bertz CT molecular complexity index is 559. The molecular formula is C9H6BrClN2O. The molecule has 2 aromatic rings. The van der Waals surface area contributed by atoms with Crippen LogP contribution in [-0.2, 0) is 7.05 Å². The van der Waals surface area contributed by atoms with Crippen LogP contribution in [0.1, 0.15) is 0 Å². The third kappa shape index (κ3) is 1.35. The van der Waals surface area contributed by atoms with Crippen LogP contribution in [0.5, 0.6) is 0 Å². The van der Waals surface area contributed by atoms with Gasteiger partial charge in [0.25, 0.3) is 5.56 Å². The Morgan fingerprint density at radius 1 is 1.50 bits per heavy atom. The van der Waals surface area contributed by atoms with E-state index < -0.39 is 0 Å². The summed E-state index contributed by atoms with van der Waals surface area (Å²) >= 11 is 9.29. The SMILES string of the molecule is Cn1ncc2ccc(Br)c(Cl)c2c1=O. The number of aryl methyl sites for hydroxylation is 1. The Kier molecular flexibility index (Phi) is 2.33.